The fourth-order valence-corrected chi connectivity index (χ4v) is 2.33. The summed E-state index contributed by atoms with van der Waals surface area (Å²) in [5.41, 5.74) is 3.90. The van der Waals surface area contributed by atoms with E-state index in [9.17, 15) is 18.0 Å². The van der Waals surface area contributed by atoms with Crippen molar-refractivity contribution in [1.29, 1.82) is 0 Å². The molecule has 0 heterocycles. The summed E-state index contributed by atoms with van der Waals surface area (Å²) in [7, 11) is 0. The van der Waals surface area contributed by atoms with Gasteiger partial charge in [0.1, 0.15) is 5.75 Å². The summed E-state index contributed by atoms with van der Waals surface area (Å²) in [5, 5.41) is 0. The maximum atomic E-state index is 12.2. The average molecular weight is 278 g/mol. The molecule has 1 aliphatic carbocycles. The van der Waals surface area contributed by atoms with E-state index in [0.29, 0.717) is 0 Å². The van der Waals surface area contributed by atoms with Gasteiger partial charge in [-0.1, -0.05) is 30.3 Å². The number of carbonyl (C=O) groups excluding carboxylic acids is 1. The predicted molar refractivity (Wildman–Crippen MR) is 66.4 cm³/mol. The van der Waals surface area contributed by atoms with Gasteiger partial charge in [-0.05, 0) is 40.8 Å². The molecule has 2 aromatic carbocycles. The van der Waals surface area contributed by atoms with Gasteiger partial charge in [0.2, 0.25) is 0 Å². The van der Waals surface area contributed by atoms with Crippen LogP contribution in [0.15, 0.2) is 42.5 Å². The number of alkyl halides is 3. The normalized spacial score (nSPS) is 12.8. The molecule has 2 aromatic rings. The zero-order chi connectivity index (χ0) is 14.3. The van der Waals surface area contributed by atoms with Gasteiger partial charge in [-0.2, -0.15) is 13.2 Å². The van der Waals surface area contributed by atoms with E-state index >= 15 is 0 Å². The lowest BCUT2D eigenvalue weighted by Crippen LogP contribution is -2.27. The molecule has 0 saturated carbocycles. The van der Waals surface area contributed by atoms with E-state index < -0.39 is 12.1 Å². The Morgan fingerprint density at radius 2 is 1.70 bits per heavy atom. The van der Waals surface area contributed by atoms with Crippen molar-refractivity contribution in [2.24, 2.45) is 0 Å². The van der Waals surface area contributed by atoms with Crippen molar-refractivity contribution < 1.29 is 22.7 Å². The predicted octanol–water partition coefficient (Wildman–Crippen LogP) is 3.73. The number of rotatable bonds is 1. The Hall–Kier alpha value is -2.30. The first-order chi connectivity index (χ1) is 9.45. The fraction of sp³-hybridized carbons (Fsp3) is 0.133. The molecule has 0 aromatic heterocycles. The van der Waals surface area contributed by atoms with E-state index in [1.807, 2.05) is 24.3 Å². The van der Waals surface area contributed by atoms with Crippen LogP contribution in [0.25, 0.3) is 11.1 Å². The van der Waals surface area contributed by atoms with Crippen LogP contribution in [0.4, 0.5) is 13.2 Å². The topological polar surface area (TPSA) is 26.3 Å². The van der Waals surface area contributed by atoms with E-state index in [0.717, 1.165) is 28.7 Å². The minimum Gasteiger partial charge on any atom is -0.420 e. The van der Waals surface area contributed by atoms with E-state index in [1.54, 1.807) is 6.07 Å². The molecule has 5 heteroatoms. The minimum atomic E-state index is -4.99. The van der Waals surface area contributed by atoms with Crippen molar-refractivity contribution in [2.75, 3.05) is 0 Å². The van der Waals surface area contributed by atoms with Crippen LogP contribution in [0.5, 0.6) is 5.75 Å². The van der Waals surface area contributed by atoms with Crippen LogP contribution in [0.2, 0.25) is 0 Å². The SMILES string of the molecule is O=C(Oc1ccc2c(c1)-c1ccccc1C2)C(F)(F)F. The standard InChI is InChI=1S/C15H9F3O2/c16-15(17,18)14(19)20-11-6-5-10-7-9-3-1-2-4-12(9)13(10)8-11/h1-6,8H,7H2. The summed E-state index contributed by atoms with van der Waals surface area (Å²) < 4.78 is 40.9. The van der Waals surface area contributed by atoms with Gasteiger partial charge in [0.15, 0.2) is 0 Å². The monoisotopic (exact) mass is 278 g/mol. The molecule has 1 aliphatic rings. The summed E-state index contributed by atoms with van der Waals surface area (Å²) in [5.74, 6) is -2.30. The highest BCUT2D eigenvalue weighted by atomic mass is 19.4. The van der Waals surface area contributed by atoms with E-state index in [4.69, 9.17) is 0 Å². The average Bonchev–Trinajstić information content (AvgIpc) is 2.76. The molecule has 0 amide bonds. The number of esters is 1. The number of hydrogen-bond acceptors (Lipinski definition) is 2. The first-order valence-electron chi connectivity index (χ1n) is 5.95. The van der Waals surface area contributed by atoms with Crippen molar-refractivity contribution in [3.05, 3.63) is 53.6 Å². The highest BCUT2D eigenvalue weighted by Gasteiger charge is 2.41. The number of benzene rings is 2. The lowest BCUT2D eigenvalue weighted by Gasteiger charge is -2.08. The van der Waals surface area contributed by atoms with Gasteiger partial charge in [-0.3, -0.25) is 0 Å². The molecule has 0 N–H and O–H groups in total. The van der Waals surface area contributed by atoms with E-state index in [1.165, 1.54) is 12.1 Å². The van der Waals surface area contributed by atoms with Crippen LogP contribution in [-0.2, 0) is 11.2 Å². The molecule has 0 unspecified atom stereocenters. The molecule has 102 valence electrons. The number of ether oxygens (including phenoxy) is 1. The summed E-state index contributed by atoms with van der Waals surface area (Å²) in [4.78, 5) is 10.8. The third-order valence-corrected chi connectivity index (χ3v) is 3.21. The molecular weight excluding hydrogens is 269 g/mol. The van der Waals surface area contributed by atoms with Crippen molar-refractivity contribution >= 4 is 5.97 Å². The Morgan fingerprint density at radius 3 is 2.45 bits per heavy atom. The van der Waals surface area contributed by atoms with Gasteiger partial charge in [-0.25, -0.2) is 4.79 Å². The van der Waals surface area contributed by atoms with Gasteiger partial charge in [0.25, 0.3) is 0 Å². The van der Waals surface area contributed by atoms with Gasteiger partial charge < -0.3 is 4.74 Å². The molecule has 0 radical (unpaired) electrons. The molecule has 0 saturated heterocycles. The third kappa shape index (κ3) is 2.15. The Labute approximate surface area is 112 Å². The quantitative estimate of drug-likeness (QED) is 0.501. The number of halogens is 3. The van der Waals surface area contributed by atoms with Gasteiger partial charge in [-0.15, -0.1) is 0 Å². The summed E-state index contributed by atoms with van der Waals surface area (Å²) in [6.45, 7) is 0. The molecule has 0 spiro atoms. The van der Waals surface area contributed by atoms with E-state index in [-0.39, 0.29) is 5.75 Å². The summed E-state index contributed by atoms with van der Waals surface area (Å²) in [6, 6.07) is 12.2. The van der Waals surface area contributed by atoms with Crippen LogP contribution in [0.3, 0.4) is 0 Å². The van der Waals surface area contributed by atoms with Crippen LogP contribution in [0.1, 0.15) is 11.1 Å². The first-order valence-corrected chi connectivity index (χ1v) is 5.95. The zero-order valence-corrected chi connectivity index (χ0v) is 10.2. The molecule has 0 atom stereocenters. The largest absolute Gasteiger partial charge is 0.491 e. The maximum absolute atomic E-state index is 12.2. The Balaban J connectivity index is 1.94. The Bertz CT molecular complexity index is 690. The number of hydrogen-bond donors (Lipinski definition) is 0. The summed E-state index contributed by atoms with van der Waals surface area (Å²) >= 11 is 0. The van der Waals surface area contributed by atoms with Crippen LogP contribution < -0.4 is 4.74 Å². The molecule has 0 fully saturated rings. The molecule has 20 heavy (non-hydrogen) atoms. The highest BCUT2D eigenvalue weighted by Crippen LogP contribution is 2.38. The van der Waals surface area contributed by atoms with Crippen LogP contribution >= 0.6 is 0 Å². The lowest BCUT2D eigenvalue weighted by molar-refractivity contribution is -0.189. The fourth-order valence-electron chi connectivity index (χ4n) is 2.33. The van der Waals surface area contributed by atoms with Crippen molar-refractivity contribution in [1.82, 2.24) is 0 Å². The second-order valence-corrected chi connectivity index (χ2v) is 4.54. The number of fused-ring (bicyclic) bond motifs is 3. The second kappa shape index (κ2) is 4.37. The molecule has 0 aliphatic heterocycles. The van der Waals surface area contributed by atoms with Crippen LogP contribution in [0, 0.1) is 0 Å². The van der Waals surface area contributed by atoms with Crippen molar-refractivity contribution in [2.45, 2.75) is 12.6 Å². The first kappa shape index (κ1) is 12.7. The Kier molecular flexibility index (Phi) is 2.78. The lowest BCUT2D eigenvalue weighted by atomic mass is 10.1. The third-order valence-electron chi connectivity index (χ3n) is 3.21. The number of carbonyl (C=O) groups is 1. The molecule has 0 bridgehead atoms. The van der Waals surface area contributed by atoms with Gasteiger partial charge in [0, 0.05) is 0 Å². The van der Waals surface area contributed by atoms with Crippen molar-refractivity contribution in [3.63, 3.8) is 0 Å². The van der Waals surface area contributed by atoms with Gasteiger partial charge in [0.05, 0.1) is 0 Å². The van der Waals surface area contributed by atoms with E-state index in [2.05, 4.69) is 4.74 Å². The van der Waals surface area contributed by atoms with Crippen molar-refractivity contribution in [3.8, 4) is 16.9 Å². The minimum absolute atomic E-state index is 0.0946. The summed E-state index contributed by atoms with van der Waals surface area (Å²) in [6.07, 6.45) is -4.25. The molecule has 2 nitrogen and oxygen atoms in total. The van der Waals surface area contributed by atoms with Gasteiger partial charge >= 0.3 is 12.1 Å². The van der Waals surface area contributed by atoms with Crippen LogP contribution in [-0.4, -0.2) is 12.1 Å². The zero-order valence-electron chi connectivity index (χ0n) is 10.2. The molecule has 3 rings (SSSR count). The second-order valence-electron chi connectivity index (χ2n) is 4.54. The smallest absolute Gasteiger partial charge is 0.420 e. The Morgan fingerprint density at radius 1 is 1.00 bits per heavy atom. The maximum Gasteiger partial charge on any atom is 0.491 e. The highest BCUT2D eigenvalue weighted by molar-refractivity contribution is 5.81. The molecular formula is C15H9F3O2.